The zero-order chi connectivity index (χ0) is 20.4. The highest BCUT2D eigenvalue weighted by atomic mass is 32.2. The third kappa shape index (κ3) is 3.85. The van der Waals surface area contributed by atoms with Crippen molar-refractivity contribution in [3.63, 3.8) is 0 Å². The third-order valence-electron chi connectivity index (χ3n) is 5.69. The Morgan fingerprint density at radius 2 is 2.07 bits per heavy atom. The number of nitrogens with one attached hydrogen (secondary N) is 1. The van der Waals surface area contributed by atoms with Gasteiger partial charge in [0.15, 0.2) is 16.7 Å². The van der Waals surface area contributed by atoms with Crippen LogP contribution < -0.4 is 11.1 Å². The Balaban J connectivity index is 1.72. The molecule has 2 aliphatic rings. The first kappa shape index (κ1) is 19.8. The lowest BCUT2D eigenvalue weighted by molar-refractivity contribution is 0.101. The third-order valence-corrected chi connectivity index (χ3v) is 6.65. The van der Waals surface area contributed by atoms with E-state index in [1.54, 1.807) is 6.07 Å². The fourth-order valence-corrected chi connectivity index (χ4v) is 5.32. The quantitative estimate of drug-likeness (QED) is 0.775. The molecule has 0 spiro atoms. The fourth-order valence-electron chi connectivity index (χ4n) is 4.28. The standard InChI is InChI=1S/C21H22F2N4OS/c22-16-8-7-14(26-19(28)18-17(23)6-4-10-25-18)11-15(16)21-9-3-1-2-5-13(21)12-29-20(24)27-21/h4,6-8,10-11,13H,1-3,5,9,12H2,(H2,24,27)(H,26,28)/t13?,21-/m0/s1. The molecule has 1 unspecified atom stereocenters. The van der Waals surface area contributed by atoms with Crippen LogP contribution in [-0.4, -0.2) is 21.8 Å². The number of fused-ring (bicyclic) bond motifs is 1. The number of carbonyl (C=O) groups excluding carboxylic acids is 1. The molecular weight excluding hydrogens is 394 g/mol. The molecule has 8 heteroatoms. The second-order valence-corrected chi connectivity index (χ2v) is 8.50. The van der Waals surface area contributed by atoms with Crippen LogP contribution in [-0.2, 0) is 5.54 Å². The monoisotopic (exact) mass is 416 g/mol. The van der Waals surface area contributed by atoms with Gasteiger partial charge in [0.1, 0.15) is 5.82 Å². The van der Waals surface area contributed by atoms with Gasteiger partial charge in [0.25, 0.3) is 5.91 Å². The van der Waals surface area contributed by atoms with E-state index < -0.39 is 17.3 Å². The SMILES string of the molecule is NC1=N[C@@]2(c3cc(NC(=O)c4ncccc4F)ccc3F)CCCCCC2CS1. The summed E-state index contributed by atoms with van der Waals surface area (Å²) in [6.45, 7) is 0. The maximum absolute atomic E-state index is 15.0. The minimum absolute atomic E-state index is 0.177. The van der Waals surface area contributed by atoms with E-state index in [1.165, 1.54) is 42.2 Å². The molecule has 2 heterocycles. The van der Waals surface area contributed by atoms with Crippen LogP contribution in [0.1, 0.15) is 48.2 Å². The molecule has 2 atom stereocenters. The minimum atomic E-state index is -0.729. The van der Waals surface area contributed by atoms with Crippen LogP contribution in [0.25, 0.3) is 0 Å². The summed E-state index contributed by atoms with van der Waals surface area (Å²) in [6.07, 6.45) is 6.11. The number of hydrogen-bond acceptors (Lipinski definition) is 5. The van der Waals surface area contributed by atoms with E-state index in [9.17, 15) is 9.18 Å². The number of thioether (sulfide) groups is 1. The van der Waals surface area contributed by atoms with E-state index in [1.807, 2.05) is 0 Å². The second-order valence-electron chi connectivity index (χ2n) is 7.46. The number of anilines is 1. The van der Waals surface area contributed by atoms with Crippen molar-refractivity contribution in [2.75, 3.05) is 11.1 Å². The van der Waals surface area contributed by atoms with Crippen molar-refractivity contribution in [2.45, 2.75) is 37.6 Å². The predicted molar refractivity (Wildman–Crippen MR) is 111 cm³/mol. The van der Waals surface area contributed by atoms with Gasteiger partial charge in [-0.1, -0.05) is 31.0 Å². The number of hydrogen-bond donors (Lipinski definition) is 2. The van der Waals surface area contributed by atoms with Gasteiger partial charge in [-0.15, -0.1) is 0 Å². The van der Waals surface area contributed by atoms with Gasteiger partial charge in [-0.25, -0.2) is 13.8 Å². The van der Waals surface area contributed by atoms with E-state index in [2.05, 4.69) is 10.3 Å². The Bertz CT molecular complexity index is 967. The second kappa shape index (κ2) is 8.10. The smallest absolute Gasteiger partial charge is 0.277 e. The number of nitrogens with zero attached hydrogens (tertiary/aromatic N) is 2. The Kier molecular flexibility index (Phi) is 5.54. The van der Waals surface area contributed by atoms with E-state index in [0.29, 0.717) is 22.8 Å². The average molecular weight is 416 g/mol. The molecule has 0 radical (unpaired) electrons. The van der Waals surface area contributed by atoms with Gasteiger partial charge in [-0.2, -0.15) is 0 Å². The summed E-state index contributed by atoms with van der Waals surface area (Å²) in [5.74, 6) is -0.794. The first-order valence-corrected chi connectivity index (χ1v) is 10.7. The van der Waals surface area contributed by atoms with Gasteiger partial charge in [-0.05, 0) is 49.1 Å². The molecule has 1 aliphatic carbocycles. The van der Waals surface area contributed by atoms with Crippen LogP contribution in [0.5, 0.6) is 0 Å². The molecule has 1 amide bonds. The maximum Gasteiger partial charge on any atom is 0.277 e. The minimum Gasteiger partial charge on any atom is -0.379 e. The van der Waals surface area contributed by atoms with Crippen LogP contribution >= 0.6 is 11.8 Å². The number of nitrogens with two attached hydrogens (primary N) is 1. The molecule has 1 aromatic carbocycles. The first-order chi connectivity index (χ1) is 14.0. The van der Waals surface area contributed by atoms with Crippen LogP contribution in [0.4, 0.5) is 14.5 Å². The van der Waals surface area contributed by atoms with Crippen molar-refractivity contribution in [1.29, 1.82) is 0 Å². The van der Waals surface area contributed by atoms with Crippen LogP contribution in [0, 0.1) is 17.6 Å². The number of halogens is 2. The average Bonchev–Trinajstić information content (AvgIpc) is 2.92. The summed E-state index contributed by atoms with van der Waals surface area (Å²) in [4.78, 5) is 21.0. The van der Waals surface area contributed by atoms with E-state index in [-0.39, 0.29) is 17.4 Å². The molecule has 1 fully saturated rings. The lowest BCUT2D eigenvalue weighted by Crippen LogP contribution is -2.40. The summed E-state index contributed by atoms with van der Waals surface area (Å²) in [5, 5.41) is 3.10. The highest BCUT2D eigenvalue weighted by Gasteiger charge is 2.45. The number of aromatic nitrogens is 1. The molecule has 152 valence electrons. The Hall–Kier alpha value is -2.48. The number of carbonyl (C=O) groups is 1. The lowest BCUT2D eigenvalue weighted by atomic mass is 9.75. The van der Waals surface area contributed by atoms with Gasteiger partial charge >= 0.3 is 0 Å². The van der Waals surface area contributed by atoms with E-state index in [4.69, 9.17) is 10.7 Å². The lowest BCUT2D eigenvalue weighted by Gasteiger charge is -2.40. The van der Waals surface area contributed by atoms with Crippen LogP contribution in [0.2, 0.25) is 0 Å². The number of rotatable bonds is 3. The molecule has 4 rings (SSSR count). The number of amides is 1. The van der Waals surface area contributed by atoms with Gasteiger partial charge in [0.05, 0.1) is 5.54 Å². The van der Waals surface area contributed by atoms with Gasteiger partial charge in [0, 0.05) is 23.2 Å². The molecule has 1 saturated carbocycles. The number of pyridine rings is 1. The molecule has 5 nitrogen and oxygen atoms in total. The molecule has 0 saturated heterocycles. The molecule has 29 heavy (non-hydrogen) atoms. The highest BCUT2D eigenvalue weighted by molar-refractivity contribution is 8.13. The Morgan fingerprint density at radius 3 is 2.90 bits per heavy atom. The molecule has 1 aliphatic heterocycles. The van der Waals surface area contributed by atoms with Crippen LogP contribution in [0.15, 0.2) is 41.5 Å². The van der Waals surface area contributed by atoms with E-state index in [0.717, 1.165) is 31.4 Å². The normalized spacial score (nSPS) is 24.2. The predicted octanol–water partition coefficient (Wildman–Crippen LogP) is 4.45. The summed E-state index contributed by atoms with van der Waals surface area (Å²) >= 11 is 1.51. The van der Waals surface area contributed by atoms with Gasteiger partial charge in [-0.3, -0.25) is 9.79 Å². The zero-order valence-corrected chi connectivity index (χ0v) is 16.6. The maximum atomic E-state index is 15.0. The van der Waals surface area contributed by atoms with Crippen molar-refractivity contribution >= 4 is 28.5 Å². The van der Waals surface area contributed by atoms with Gasteiger partial charge in [0.2, 0.25) is 0 Å². The summed E-state index contributed by atoms with van der Waals surface area (Å²) in [6, 6.07) is 6.98. The molecule has 2 aromatic rings. The zero-order valence-electron chi connectivity index (χ0n) is 15.8. The fraction of sp³-hybridized carbons (Fsp3) is 0.381. The molecule has 3 N–H and O–H groups in total. The summed E-state index contributed by atoms with van der Waals surface area (Å²) in [7, 11) is 0. The van der Waals surface area contributed by atoms with Crippen molar-refractivity contribution in [2.24, 2.45) is 16.6 Å². The Labute approximate surface area is 172 Å². The van der Waals surface area contributed by atoms with Crippen LogP contribution in [0.3, 0.4) is 0 Å². The van der Waals surface area contributed by atoms with Crippen molar-refractivity contribution < 1.29 is 13.6 Å². The Morgan fingerprint density at radius 1 is 1.21 bits per heavy atom. The van der Waals surface area contributed by atoms with Gasteiger partial charge < -0.3 is 11.1 Å². The van der Waals surface area contributed by atoms with E-state index >= 15 is 4.39 Å². The highest BCUT2D eigenvalue weighted by Crippen LogP contribution is 2.49. The number of benzene rings is 1. The number of aliphatic imine (C=N–C) groups is 1. The topological polar surface area (TPSA) is 80.4 Å². The largest absolute Gasteiger partial charge is 0.379 e. The first-order valence-electron chi connectivity index (χ1n) is 9.69. The van der Waals surface area contributed by atoms with Crippen molar-refractivity contribution in [3.8, 4) is 0 Å². The van der Waals surface area contributed by atoms with Crippen molar-refractivity contribution in [3.05, 3.63) is 59.4 Å². The summed E-state index contributed by atoms with van der Waals surface area (Å²) < 4.78 is 28.9. The number of amidine groups is 1. The molecule has 1 aromatic heterocycles. The summed E-state index contributed by atoms with van der Waals surface area (Å²) in [5.41, 5.74) is 5.83. The molecule has 0 bridgehead atoms. The van der Waals surface area contributed by atoms with Crippen molar-refractivity contribution in [1.82, 2.24) is 4.98 Å². The molecular formula is C21H22F2N4OS.